The first kappa shape index (κ1) is 19.2. The first-order chi connectivity index (χ1) is 12.9. The van der Waals surface area contributed by atoms with Crippen molar-refractivity contribution in [2.45, 2.75) is 26.1 Å². The molecule has 0 saturated heterocycles. The largest absolute Gasteiger partial charge is 0.477 e. The molecule has 3 rings (SSSR count). The van der Waals surface area contributed by atoms with Crippen molar-refractivity contribution in [2.75, 3.05) is 0 Å². The minimum atomic E-state index is -0.886. The van der Waals surface area contributed by atoms with Gasteiger partial charge in [-0.25, -0.2) is 4.79 Å². The Morgan fingerprint density at radius 3 is 2.52 bits per heavy atom. The van der Waals surface area contributed by atoms with Crippen LogP contribution in [0.5, 0.6) is 5.75 Å². The highest BCUT2D eigenvalue weighted by atomic mass is 35.5. The quantitative estimate of drug-likeness (QED) is 0.529. The lowest BCUT2D eigenvalue weighted by Gasteiger charge is -2.16. The van der Waals surface area contributed by atoms with Gasteiger partial charge in [0, 0.05) is 10.6 Å². The van der Waals surface area contributed by atoms with Crippen molar-refractivity contribution < 1.29 is 18.7 Å². The Morgan fingerprint density at radius 2 is 1.81 bits per heavy atom. The minimum Gasteiger partial charge on any atom is -0.477 e. The van der Waals surface area contributed by atoms with E-state index in [9.17, 15) is 4.79 Å². The van der Waals surface area contributed by atoms with Crippen molar-refractivity contribution in [1.29, 1.82) is 0 Å². The number of benzene rings is 2. The van der Waals surface area contributed by atoms with Crippen LogP contribution in [0, 0.1) is 0 Å². The molecule has 6 nitrogen and oxygen atoms in total. The van der Waals surface area contributed by atoms with Crippen molar-refractivity contribution in [3.05, 3.63) is 64.5 Å². The summed E-state index contributed by atoms with van der Waals surface area (Å²) in [7, 11) is 0. The van der Waals surface area contributed by atoms with E-state index in [2.05, 4.69) is 10.2 Å². The molecule has 2 aromatic carbocycles. The van der Waals surface area contributed by atoms with E-state index in [1.165, 1.54) is 6.07 Å². The molecule has 1 aromatic heterocycles. The Labute approximate surface area is 166 Å². The van der Waals surface area contributed by atoms with Gasteiger partial charge >= 0.3 is 5.97 Å². The van der Waals surface area contributed by atoms with E-state index < -0.39 is 18.2 Å². The molecule has 2 atom stereocenters. The smallest absolute Gasteiger partial charge is 0.347 e. The van der Waals surface area contributed by atoms with E-state index in [-0.39, 0.29) is 5.89 Å². The molecule has 0 saturated carbocycles. The maximum absolute atomic E-state index is 12.3. The lowest BCUT2D eigenvalue weighted by molar-refractivity contribution is -0.157. The zero-order valence-corrected chi connectivity index (χ0v) is 16.1. The van der Waals surface area contributed by atoms with E-state index in [0.717, 1.165) is 5.56 Å². The van der Waals surface area contributed by atoms with E-state index in [4.69, 9.17) is 37.1 Å². The number of rotatable bonds is 6. The highest BCUT2D eigenvalue weighted by Gasteiger charge is 2.24. The number of carbonyl (C=O) groups is 1. The minimum absolute atomic E-state index is 0.193. The summed E-state index contributed by atoms with van der Waals surface area (Å²) in [6.45, 7) is 3.20. The SMILES string of the molecule is C[C@H](Oc1ccc(Cl)cc1Cl)C(=O)O[C@H](C)c1nnc(-c2ccccc2)o1. The van der Waals surface area contributed by atoms with Crippen molar-refractivity contribution in [3.8, 4) is 17.2 Å². The third kappa shape index (κ3) is 4.78. The lowest BCUT2D eigenvalue weighted by atomic mass is 10.2. The summed E-state index contributed by atoms with van der Waals surface area (Å²) < 4.78 is 16.5. The molecule has 27 heavy (non-hydrogen) atoms. The number of ether oxygens (including phenoxy) is 2. The topological polar surface area (TPSA) is 74.5 Å². The Balaban J connectivity index is 1.62. The van der Waals surface area contributed by atoms with Crippen LogP contribution >= 0.6 is 23.2 Å². The van der Waals surface area contributed by atoms with Gasteiger partial charge in [0.1, 0.15) is 5.75 Å². The normalized spacial score (nSPS) is 13.0. The van der Waals surface area contributed by atoms with Crippen molar-refractivity contribution in [2.24, 2.45) is 0 Å². The van der Waals surface area contributed by atoms with Crippen molar-refractivity contribution >= 4 is 29.2 Å². The average Bonchev–Trinajstić information content (AvgIpc) is 3.15. The summed E-state index contributed by atoms with van der Waals surface area (Å²) in [6, 6.07) is 14.0. The summed E-state index contributed by atoms with van der Waals surface area (Å²) >= 11 is 11.9. The second kappa shape index (κ2) is 8.41. The second-order valence-electron chi connectivity index (χ2n) is 5.73. The zero-order valence-electron chi connectivity index (χ0n) is 14.6. The van der Waals surface area contributed by atoms with Crippen LogP contribution in [-0.2, 0) is 9.53 Å². The van der Waals surface area contributed by atoms with Crippen LogP contribution in [0.4, 0.5) is 0 Å². The number of carbonyl (C=O) groups excluding carboxylic acids is 1. The highest BCUT2D eigenvalue weighted by molar-refractivity contribution is 6.35. The van der Waals surface area contributed by atoms with Crippen LogP contribution in [0.3, 0.4) is 0 Å². The predicted molar refractivity (Wildman–Crippen MR) is 101 cm³/mol. The molecule has 0 spiro atoms. The Morgan fingerprint density at radius 1 is 1.07 bits per heavy atom. The van der Waals surface area contributed by atoms with Crippen LogP contribution in [0.15, 0.2) is 52.9 Å². The Bertz CT molecular complexity index is 930. The number of hydrogen-bond donors (Lipinski definition) is 0. The molecule has 8 heteroatoms. The van der Waals surface area contributed by atoms with Gasteiger partial charge in [0.05, 0.1) is 5.02 Å². The van der Waals surface area contributed by atoms with Gasteiger partial charge in [0.2, 0.25) is 5.89 Å². The van der Waals surface area contributed by atoms with Crippen LogP contribution in [0.25, 0.3) is 11.5 Å². The molecule has 0 amide bonds. The molecular formula is C19H16Cl2N2O4. The maximum atomic E-state index is 12.3. The number of halogens is 2. The molecule has 1 heterocycles. The summed E-state index contributed by atoms with van der Waals surface area (Å²) in [5.41, 5.74) is 0.781. The Hall–Kier alpha value is -2.57. The van der Waals surface area contributed by atoms with Gasteiger partial charge in [-0.15, -0.1) is 10.2 Å². The van der Waals surface area contributed by atoms with Gasteiger partial charge in [0.15, 0.2) is 12.2 Å². The van der Waals surface area contributed by atoms with Gasteiger partial charge in [-0.2, -0.15) is 0 Å². The van der Waals surface area contributed by atoms with E-state index in [1.807, 2.05) is 30.3 Å². The standard InChI is InChI=1S/C19H16Cl2N2O4/c1-11(17-22-23-18(27-17)13-6-4-3-5-7-13)26-19(24)12(2)25-16-9-8-14(20)10-15(16)21/h3-12H,1-2H3/t11-,12+/m1/s1. The summed E-state index contributed by atoms with van der Waals surface area (Å²) in [4.78, 5) is 12.3. The second-order valence-corrected chi connectivity index (χ2v) is 6.57. The summed E-state index contributed by atoms with van der Waals surface area (Å²) in [6.07, 6.45) is -1.61. The fourth-order valence-electron chi connectivity index (χ4n) is 2.23. The molecule has 140 valence electrons. The molecule has 0 aliphatic carbocycles. The Kier molecular flexibility index (Phi) is 5.98. The molecule has 0 radical (unpaired) electrons. The first-order valence-electron chi connectivity index (χ1n) is 8.15. The zero-order chi connectivity index (χ0) is 19.4. The fourth-order valence-corrected chi connectivity index (χ4v) is 2.68. The fraction of sp³-hybridized carbons (Fsp3) is 0.211. The monoisotopic (exact) mass is 406 g/mol. The van der Waals surface area contributed by atoms with Gasteiger partial charge in [-0.1, -0.05) is 41.4 Å². The predicted octanol–water partition coefficient (Wildman–Crippen LogP) is 5.12. The van der Waals surface area contributed by atoms with Crippen LogP contribution < -0.4 is 4.74 Å². The van der Waals surface area contributed by atoms with Gasteiger partial charge < -0.3 is 13.9 Å². The van der Waals surface area contributed by atoms with Gasteiger partial charge in [-0.3, -0.25) is 0 Å². The molecule has 3 aromatic rings. The molecule has 0 aliphatic heterocycles. The highest BCUT2D eigenvalue weighted by Crippen LogP contribution is 2.29. The number of nitrogens with zero attached hydrogens (tertiary/aromatic N) is 2. The van der Waals surface area contributed by atoms with Crippen LogP contribution in [0.2, 0.25) is 10.0 Å². The average molecular weight is 407 g/mol. The third-order valence-corrected chi connectivity index (χ3v) is 4.16. The maximum Gasteiger partial charge on any atom is 0.347 e. The number of esters is 1. The van der Waals surface area contributed by atoms with Crippen LogP contribution in [0.1, 0.15) is 25.8 Å². The van der Waals surface area contributed by atoms with E-state index in [0.29, 0.717) is 21.7 Å². The molecule has 0 aliphatic rings. The molecule has 0 bridgehead atoms. The lowest BCUT2D eigenvalue weighted by Crippen LogP contribution is -2.27. The summed E-state index contributed by atoms with van der Waals surface area (Å²) in [5.74, 6) is 0.292. The van der Waals surface area contributed by atoms with Crippen LogP contribution in [-0.4, -0.2) is 22.3 Å². The number of hydrogen-bond acceptors (Lipinski definition) is 6. The van der Waals surface area contributed by atoms with Crippen molar-refractivity contribution in [3.63, 3.8) is 0 Å². The molecular weight excluding hydrogens is 391 g/mol. The molecule has 0 unspecified atom stereocenters. The van der Waals surface area contributed by atoms with E-state index >= 15 is 0 Å². The van der Waals surface area contributed by atoms with E-state index in [1.54, 1.807) is 26.0 Å². The van der Waals surface area contributed by atoms with Gasteiger partial charge in [-0.05, 0) is 44.2 Å². The first-order valence-corrected chi connectivity index (χ1v) is 8.90. The van der Waals surface area contributed by atoms with Gasteiger partial charge in [0.25, 0.3) is 5.89 Å². The number of aromatic nitrogens is 2. The third-order valence-electron chi connectivity index (χ3n) is 3.63. The molecule has 0 fully saturated rings. The molecule has 0 N–H and O–H groups in total. The summed E-state index contributed by atoms with van der Waals surface area (Å²) in [5, 5.41) is 8.70. The van der Waals surface area contributed by atoms with Crippen molar-refractivity contribution in [1.82, 2.24) is 10.2 Å².